The van der Waals surface area contributed by atoms with Gasteiger partial charge in [0.1, 0.15) is 0 Å². The molecule has 2 heterocycles. The number of aromatic nitrogens is 1. The fourth-order valence-electron chi connectivity index (χ4n) is 3.07. The molecule has 0 N–H and O–H groups in total. The highest BCUT2D eigenvalue weighted by Gasteiger charge is 2.08. The van der Waals surface area contributed by atoms with Crippen molar-refractivity contribution in [3.8, 4) is 21.7 Å². The van der Waals surface area contributed by atoms with E-state index in [0.717, 1.165) is 5.69 Å². The normalized spacial score (nSPS) is 11.1. The van der Waals surface area contributed by atoms with E-state index in [1.54, 1.807) is 0 Å². The minimum atomic E-state index is 1.05. The van der Waals surface area contributed by atoms with Crippen LogP contribution in [-0.2, 0) is 0 Å². The third kappa shape index (κ3) is 2.85. The summed E-state index contributed by atoms with van der Waals surface area (Å²) in [5, 5.41) is 1.21. The summed E-state index contributed by atoms with van der Waals surface area (Å²) in [7, 11) is 0. The molecular weight excluding hydrogens is 310 g/mol. The van der Waals surface area contributed by atoms with Crippen LogP contribution in [0.2, 0.25) is 0 Å². The zero-order chi connectivity index (χ0) is 16.7. The van der Waals surface area contributed by atoms with Crippen LogP contribution in [0.3, 0.4) is 0 Å². The molecule has 2 heteroatoms. The molecule has 0 aliphatic carbocycles. The van der Waals surface area contributed by atoms with E-state index in [9.17, 15) is 0 Å². The van der Waals surface area contributed by atoms with Crippen molar-refractivity contribution in [3.05, 3.63) is 77.5 Å². The summed E-state index contributed by atoms with van der Waals surface area (Å²) in [5.74, 6) is 0. The second-order valence-electron chi connectivity index (χ2n) is 6.46. The molecule has 24 heavy (non-hydrogen) atoms. The summed E-state index contributed by atoms with van der Waals surface area (Å²) in [6, 6.07) is 19.8. The van der Waals surface area contributed by atoms with E-state index >= 15 is 0 Å². The number of nitrogens with zero attached hydrogens (tertiary/aromatic N) is 1. The summed E-state index contributed by atoms with van der Waals surface area (Å²) in [4.78, 5) is 5.98. The van der Waals surface area contributed by atoms with Crippen molar-refractivity contribution in [2.45, 2.75) is 20.8 Å². The van der Waals surface area contributed by atoms with Crippen LogP contribution in [0.25, 0.3) is 31.8 Å². The zero-order valence-corrected chi connectivity index (χ0v) is 14.9. The van der Waals surface area contributed by atoms with E-state index in [0.29, 0.717) is 0 Å². The average Bonchev–Trinajstić information content (AvgIpc) is 2.97. The van der Waals surface area contributed by atoms with Gasteiger partial charge in [0.05, 0.1) is 5.69 Å². The fraction of sp³-hybridized carbons (Fsp3) is 0.136. The molecule has 0 bridgehead atoms. The highest BCUT2D eigenvalue weighted by Crippen LogP contribution is 2.35. The van der Waals surface area contributed by atoms with Crippen molar-refractivity contribution in [3.63, 3.8) is 0 Å². The van der Waals surface area contributed by atoms with Gasteiger partial charge in [-0.15, -0.1) is 11.3 Å². The quantitative estimate of drug-likeness (QED) is 0.406. The molecule has 4 rings (SSSR count). The average molecular weight is 329 g/mol. The summed E-state index contributed by atoms with van der Waals surface area (Å²) >= 11 is 1.83. The van der Waals surface area contributed by atoms with Crippen LogP contribution in [0.1, 0.15) is 16.7 Å². The molecule has 0 unspecified atom stereocenters. The number of aryl methyl sites for hydroxylation is 3. The molecule has 0 radical (unpaired) electrons. The maximum Gasteiger partial charge on any atom is 0.0716 e. The number of hydrogen-bond donors (Lipinski definition) is 0. The molecule has 1 nitrogen and oxygen atoms in total. The molecular formula is C22H19NS. The van der Waals surface area contributed by atoms with Crippen molar-refractivity contribution in [2.75, 3.05) is 0 Å². The Labute approximate surface area is 146 Å². The molecule has 0 aliphatic heterocycles. The van der Waals surface area contributed by atoms with E-state index in [2.05, 4.69) is 80.4 Å². The number of hydrogen-bond acceptors (Lipinski definition) is 2. The van der Waals surface area contributed by atoms with E-state index in [4.69, 9.17) is 0 Å². The molecule has 0 fully saturated rings. The molecule has 0 saturated carbocycles. The first kappa shape index (κ1) is 15.1. The van der Waals surface area contributed by atoms with Crippen molar-refractivity contribution in [1.29, 1.82) is 0 Å². The van der Waals surface area contributed by atoms with Gasteiger partial charge in [0, 0.05) is 26.7 Å². The van der Waals surface area contributed by atoms with Crippen molar-refractivity contribution >= 4 is 21.4 Å². The first-order valence-electron chi connectivity index (χ1n) is 8.14. The van der Waals surface area contributed by atoms with Crippen LogP contribution in [0.4, 0.5) is 0 Å². The maximum atomic E-state index is 4.69. The summed E-state index contributed by atoms with van der Waals surface area (Å²) in [5.41, 5.74) is 7.36. The molecule has 0 amide bonds. The Hall–Kier alpha value is -2.45. The van der Waals surface area contributed by atoms with Gasteiger partial charge in [-0.25, -0.2) is 0 Å². The molecule has 0 spiro atoms. The Morgan fingerprint density at radius 2 is 1.42 bits per heavy atom. The van der Waals surface area contributed by atoms with E-state index < -0.39 is 0 Å². The maximum absolute atomic E-state index is 4.69. The lowest BCUT2D eigenvalue weighted by Gasteiger charge is -2.04. The predicted molar refractivity (Wildman–Crippen MR) is 105 cm³/mol. The molecule has 4 aromatic rings. The van der Waals surface area contributed by atoms with Gasteiger partial charge >= 0.3 is 0 Å². The van der Waals surface area contributed by atoms with Crippen molar-refractivity contribution in [2.24, 2.45) is 0 Å². The minimum absolute atomic E-state index is 1.05. The van der Waals surface area contributed by atoms with E-state index in [1.165, 1.54) is 42.8 Å². The van der Waals surface area contributed by atoms with Crippen LogP contribution in [0.5, 0.6) is 0 Å². The first-order valence-corrected chi connectivity index (χ1v) is 8.95. The van der Waals surface area contributed by atoms with Gasteiger partial charge in [0.2, 0.25) is 0 Å². The largest absolute Gasteiger partial charge is 0.256 e. The van der Waals surface area contributed by atoms with E-state index in [-0.39, 0.29) is 0 Å². The molecule has 118 valence electrons. The van der Waals surface area contributed by atoms with Crippen molar-refractivity contribution < 1.29 is 0 Å². The van der Waals surface area contributed by atoms with Gasteiger partial charge in [-0.05, 0) is 50.6 Å². The zero-order valence-electron chi connectivity index (χ0n) is 14.1. The smallest absolute Gasteiger partial charge is 0.0716 e. The molecule has 2 aromatic heterocycles. The Bertz CT molecular complexity index is 1010. The summed E-state index contributed by atoms with van der Waals surface area (Å²) < 4.78 is 1.29. The van der Waals surface area contributed by atoms with Gasteiger partial charge in [0.25, 0.3) is 0 Å². The second kappa shape index (κ2) is 5.88. The highest BCUT2D eigenvalue weighted by molar-refractivity contribution is 7.22. The molecule has 0 saturated heterocycles. The van der Waals surface area contributed by atoms with E-state index in [1.807, 2.05) is 17.5 Å². The topological polar surface area (TPSA) is 12.9 Å². The minimum Gasteiger partial charge on any atom is -0.256 e. The highest BCUT2D eigenvalue weighted by atomic mass is 32.1. The predicted octanol–water partition coefficient (Wildman–Crippen LogP) is 6.56. The Kier molecular flexibility index (Phi) is 3.70. The van der Waals surface area contributed by atoms with Crippen LogP contribution in [0.15, 0.2) is 60.8 Å². The van der Waals surface area contributed by atoms with Gasteiger partial charge in [-0.3, -0.25) is 4.98 Å². The van der Waals surface area contributed by atoms with Gasteiger partial charge in [-0.2, -0.15) is 0 Å². The van der Waals surface area contributed by atoms with Gasteiger partial charge < -0.3 is 0 Å². The van der Waals surface area contributed by atoms with Crippen LogP contribution in [-0.4, -0.2) is 4.98 Å². The molecule has 0 aliphatic rings. The fourth-order valence-corrected chi connectivity index (χ4v) is 4.15. The molecule has 2 aromatic carbocycles. The van der Waals surface area contributed by atoms with Crippen molar-refractivity contribution in [1.82, 2.24) is 4.98 Å². The Morgan fingerprint density at radius 3 is 2.12 bits per heavy atom. The number of benzene rings is 2. The standard InChI is InChI=1S/C22H19NS/c1-14-4-6-17(7-5-14)21-11-19-13-23-20(12-22(19)24-21)18-9-15(2)8-16(3)10-18/h4-13H,1-3H3. The third-order valence-corrected chi connectivity index (χ3v) is 5.40. The molecule has 0 atom stereocenters. The lowest BCUT2D eigenvalue weighted by Crippen LogP contribution is -1.85. The lowest BCUT2D eigenvalue weighted by molar-refractivity contribution is 1.33. The third-order valence-electron chi connectivity index (χ3n) is 4.26. The van der Waals surface area contributed by atoms with Gasteiger partial charge in [-0.1, -0.05) is 47.0 Å². The van der Waals surface area contributed by atoms with Gasteiger partial charge in [0.15, 0.2) is 0 Å². The van der Waals surface area contributed by atoms with Crippen LogP contribution >= 0.6 is 11.3 Å². The van der Waals surface area contributed by atoms with Crippen LogP contribution in [0, 0.1) is 20.8 Å². The number of rotatable bonds is 2. The monoisotopic (exact) mass is 329 g/mol. The first-order chi connectivity index (χ1) is 11.6. The summed E-state index contributed by atoms with van der Waals surface area (Å²) in [6.45, 7) is 6.39. The number of thiophene rings is 1. The SMILES string of the molecule is Cc1ccc(-c2cc3cnc(-c4cc(C)cc(C)c4)cc3s2)cc1. The second-order valence-corrected chi connectivity index (χ2v) is 7.54. The lowest BCUT2D eigenvalue weighted by atomic mass is 10.0. The number of pyridine rings is 1. The Morgan fingerprint density at radius 1 is 0.708 bits per heavy atom. The Balaban J connectivity index is 1.79. The number of fused-ring (bicyclic) bond motifs is 1. The van der Waals surface area contributed by atoms with Crippen LogP contribution < -0.4 is 0 Å². The summed E-state index contributed by atoms with van der Waals surface area (Å²) in [6.07, 6.45) is 2.00.